The van der Waals surface area contributed by atoms with Crippen molar-refractivity contribution in [3.05, 3.63) is 71.8 Å². The van der Waals surface area contributed by atoms with Crippen molar-refractivity contribution in [2.45, 2.75) is 51.0 Å². The van der Waals surface area contributed by atoms with Crippen LogP contribution in [0.5, 0.6) is 0 Å². The fourth-order valence-corrected chi connectivity index (χ4v) is 6.47. The minimum Gasteiger partial charge on any atom is -0.271 e. The van der Waals surface area contributed by atoms with Gasteiger partial charge in [0.05, 0.1) is 0 Å². The lowest BCUT2D eigenvalue weighted by molar-refractivity contribution is 0.0513. The first-order valence-corrected chi connectivity index (χ1v) is 12.2. The molecule has 3 heteroatoms. The fraction of sp³-hybridized carbons (Fsp3) is 0.267. The summed E-state index contributed by atoms with van der Waals surface area (Å²) in [5, 5.41) is 8.96. The maximum Gasteiger partial charge on any atom is 0.261 e. The summed E-state index contributed by atoms with van der Waals surface area (Å²) in [5.41, 5.74) is 1.36. The van der Waals surface area contributed by atoms with E-state index in [1.54, 1.807) is 4.90 Å². The lowest BCUT2D eigenvalue weighted by Gasteiger charge is -2.35. The Morgan fingerprint density at radius 2 is 1.06 bits per heavy atom. The van der Waals surface area contributed by atoms with Crippen LogP contribution in [0.4, 0.5) is 0 Å². The van der Waals surface area contributed by atoms with Gasteiger partial charge in [-0.2, -0.15) is 0 Å². The fourth-order valence-electron chi connectivity index (χ4n) is 6.47. The first-order chi connectivity index (χ1) is 16.2. The Balaban J connectivity index is 1.52. The van der Waals surface area contributed by atoms with Crippen molar-refractivity contribution in [1.29, 1.82) is 0 Å². The third kappa shape index (κ3) is 2.56. The maximum absolute atomic E-state index is 13.8. The summed E-state index contributed by atoms with van der Waals surface area (Å²) in [6.07, 6.45) is 7.65. The van der Waals surface area contributed by atoms with Gasteiger partial charge < -0.3 is 0 Å². The smallest absolute Gasteiger partial charge is 0.261 e. The summed E-state index contributed by atoms with van der Waals surface area (Å²) in [6, 6.07) is 20.9. The van der Waals surface area contributed by atoms with E-state index in [-0.39, 0.29) is 17.9 Å². The van der Waals surface area contributed by atoms with Gasteiger partial charge in [-0.15, -0.1) is 0 Å². The van der Waals surface area contributed by atoms with Gasteiger partial charge in [-0.1, -0.05) is 80.6 Å². The van der Waals surface area contributed by atoms with E-state index in [1.807, 2.05) is 12.1 Å². The predicted octanol–water partition coefficient (Wildman–Crippen LogP) is 7.45. The second-order valence-corrected chi connectivity index (χ2v) is 9.76. The van der Waals surface area contributed by atoms with Crippen molar-refractivity contribution >= 4 is 54.9 Å². The zero-order valence-corrected chi connectivity index (χ0v) is 18.6. The number of amides is 2. The molecule has 1 saturated carbocycles. The molecular formula is C30H25NO2. The lowest BCUT2D eigenvalue weighted by atomic mass is 9.84. The van der Waals surface area contributed by atoms with E-state index < -0.39 is 0 Å². The van der Waals surface area contributed by atoms with E-state index in [0.717, 1.165) is 47.2 Å². The molecular weight excluding hydrogens is 406 g/mol. The van der Waals surface area contributed by atoms with Crippen LogP contribution in [0.3, 0.4) is 0 Å². The van der Waals surface area contributed by atoms with Crippen LogP contribution in [0, 0.1) is 0 Å². The molecule has 0 unspecified atom stereocenters. The first kappa shape index (κ1) is 19.0. The van der Waals surface area contributed by atoms with Crippen LogP contribution in [0.25, 0.3) is 43.1 Å². The Morgan fingerprint density at radius 3 is 1.64 bits per heavy atom. The highest BCUT2D eigenvalue weighted by atomic mass is 16.2. The second kappa shape index (κ2) is 7.02. The van der Waals surface area contributed by atoms with Crippen LogP contribution in [-0.2, 0) is 0 Å². The molecule has 0 spiro atoms. The van der Waals surface area contributed by atoms with E-state index in [4.69, 9.17) is 0 Å². The molecule has 0 atom stereocenters. The Morgan fingerprint density at radius 1 is 0.545 bits per heavy atom. The maximum atomic E-state index is 13.8. The molecule has 1 aliphatic carbocycles. The van der Waals surface area contributed by atoms with E-state index in [9.17, 15) is 9.59 Å². The molecule has 5 aromatic carbocycles. The SMILES string of the molecule is O=C1c2ccc3c4cccc5cccc(c6ccc(c2c36)C(=O)N1C1CCCCCCC1)c54. The number of carbonyl (C=O) groups is 2. The van der Waals surface area contributed by atoms with Crippen molar-refractivity contribution in [1.82, 2.24) is 4.90 Å². The number of carbonyl (C=O) groups excluding carboxylic acids is 2. The van der Waals surface area contributed by atoms with Crippen molar-refractivity contribution in [2.75, 3.05) is 0 Å². The second-order valence-electron chi connectivity index (χ2n) is 9.76. The number of fused-ring (bicyclic) bond motifs is 2. The van der Waals surface area contributed by atoms with E-state index in [0.29, 0.717) is 11.1 Å². The Bertz CT molecular complexity index is 1490. The molecule has 0 saturated heterocycles. The highest BCUT2D eigenvalue weighted by molar-refractivity contribution is 6.38. The number of hydrogen-bond acceptors (Lipinski definition) is 2. The normalized spacial score (nSPS) is 18.0. The van der Waals surface area contributed by atoms with Gasteiger partial charge in [-0.25, -0.2) is 0 Å². The summed E-state index contributed by atoms with van der Waals surface area (Å²) in [7, 11) is 0. The molecule has 2 amide bonds. The molecule has 1 fully saturated rings. The third-order valence-corrected chi connectivity index (χ3v) is 7.98. The van der Waals surface area contributed by atoms with Gasteiger partial charge in [0.15, 0.2) is 0 Å². The van der Waals surface area contributed by atoms with E-state index in [2.05, 4.69) is 48.5 Å². The summed E-state index contributed by atoms with van der Waals surface area (Å²) >= 11 is 0. The third-order valence-electron chi connectivity index (χ3n) is 7.98. The topological polar surface area (TPSA) is 37.4 Å². The minimum atomic E-state index is -0.112. The van der Waals surface area contributed by atoms with Crippen LogP contribution >= 0.6 is 0 Å². The van der Waals surface area contributed by atoms with Gasteiger partial charge in [0, 0.05) is 22.6 Å². The van der Waals surface area contributed by atoms with Crippen molar-refractivity contribution in [2.24, 2.45) is 0 Å². The standard InChI is InChI=1S/C30H25NO2/c32-29-24-16-14-22-20-12-6-8-18-9-7-13-21(26(18)20)23-15-17-25(28(24)27(22)23)30(33)31(29)19-10-4-2-1-3-5-11-19/h6-9,12-17,19H,1-5,10-11H2. The molecule has 0 aromatic heterocycles. The van der Waals surface area contributed by atoms with Crippen molar-refractivity contribution < 1.29 is 9.59 Å². The van der Waals surface area contributed by atoms with E-state index in [1.165, 1.54) is 40.8 Å². The van der Waals surface area contributed by atoms with Gasteiger partial charge >= 0.3 is 0 Å². The van der Waals surface area contributed by atoms with Crippen LogP contribution in [0.1, 0.15) is 65.7 Å². The molecule has 7 rings (SSSR count). The molecule has 2 aliphatic rings. The van der Waals surface area contributed by atoms with Gasteiger partial charge in [0.25, 0.3) is 11.8 Å². The van der Waals surface area contributed by atoms with Crippen LogP contribution < -0.4 is 0 Å². The molecule has 33 heavy (non-hydrogen) atoms. The van der Waals surface area contributed by atoms with Crippen LogP contribution in [0.15, 0.2) is 60.7 Å². The van der Waals surface area contributed by atoms with Gasteiger partial charge in [0.1, 0.15) is 0 Å². The average molecular weight is 432 g/mol. The average Bonchev–Trinajstić information content (AvgIpc) is 2.82. The summed E-state index contributed by atoms with van der Waals surface area (Å²) < 4.78 is 0. The van der Waals surface area contributed by atoms with Crippen molar-refractivity contribution in [3.8, 4) is 0 Å². The molecule has 0 N–H and O–H groups in total. The first-order valence-electron chi connectivity index (χ1n) is 12.2. The number of rotatable bonds is 1. The monoisotopic (exact) mass is 431 g/mol. The molecule has 3 nitrogen and oxygen atoms in total. The zero-order chi connectivity index (χ0) is 22.1. The largest absolute Gasteiger partial charge is 0.271 e. The predicted molar refractivity (Wildman–Crippen MR) is 134 cm³/mol. The molecule has 1 heterocycles. The zero-order valence-electron chi connectivity index (χ0n) is 18.6. The molecule has 162 valence electrons. The number of benzene rings is 5. The highest BCUT2D eigenvalue weighted by Crippen LogP contribution is 2.44. The van der Waals surface area contributed by atoms with Crippen LogP contribution in [0.2, 0.25) is 0 Å². The number of nitrogens with zero attached hydrogens (tertiary/aromatic N) is 1. The van der Waals surface area contributed by atoms with Gasteiger partial charge in [-0.05, 0) is 62.7 Å². The molecule has 0 radical (unpaired) electrons. The number of hydrogen-bond donors (Lipinski definition) is 0. The molecule has 5 aromatic rings. The van der Waals surface area contributed by atoms with Gasteiger partial charge in [-0.3, -0.25) is 14.5 Å². The Labute approximate surface area is 192 Å². The minimum absolute atomic E-state index is 0.00948. The molecule has 1 aliphatic heterocycles. The van der Waals surface area contributed by atoms with E-state index >= 15 is 0 Å². The van der Waals surface area contributed by atoms with Crippen molar-refractivity contribution in [3.63, 3.8) is 0 Å². The van der Waals surface area contributed by atoms with Crippen LogP contribution in [-0.4, -0.2) is 22.8 Å². The molecule has 0 bridgehead atoms. The highest BCUT2D eigenvalue weighted by Gasteiger charge is 2.38. The number of imide groups is 1. The Hall–Kier alpha value is -3.46. The summed E-state index contributed by atoms with van der Waals surface area (Å²) in [4.78, 5) is 29.2. The summed E-state index contributed by atoms with van der Waals surface area (Å²) in [6.45, 7) is 0. The lowest BCUT2D eigenvalue weighted by Crippen LogP contribution is -2.47. The Kier molecular flexibility index (Phi) is 4.05. The summed E-state index contributed by atoms with van der Waals surface area (Å²) in [5.74, 6) is -0.224. The van der Waals surface area contributed by atoms with Gasteiger partial charge in [0.2, 0.25) is 0 Å². The quantitative estimate of drug-likeness (QED) is 0.157.